The molecule has 1 aromatic heterocycles. The van der Waals surface area contributed by atoms with Gasteiger partial charge >= 0.3 is 5.76 Å². The third-order valence-electron chi connectivity index (χ3n) is 2.19. The molecule has 0 spiro atoms. The molecule has 0 atom stereocenters. The molecule has 1 heterocycles. The van der Waals surface area contributed by atoms with Crippen LogP contribution in [0, 0.1) is 0 Å². The number of benzene rings is 1. The molecule has 1 aromatic carbocycles. The molecule has 0 fully saturated rings. The summed E-state index contributed by atoms with van der Waals surface area (Å²) in [6, 6.07) is 3.17. The SMILES string of the molecule is O=C(CCl)NCc1cc2oc(=O)[nH]c2cc1Cl. The Morgan fingerprint density at radius 2 is 2.24 bits per heavy atom. The highest BCUT2D eigenvalue weighted by Crippen LogP contribution is 2.22. The van der Waals surface area contributed by atoms with E-state index in [0.29, 0.717) is 21.7 Å². The molecule has 0 aliphatic rings. The van der Waals surface area contributed by atoms with Crippen LogP contribution in [0.5, 0.6) is 0 Å². The van der Waals surface area contributed by atoms with Crippen LogP contribution < -0.4 is 11.1 Å². The second kappa shape index (κ2) is 4.81. The number of H-pyrrole nitrogens is 1. The van der Waals surface area contributed by atoms with Crippen LogP contribution in [-0.4, -0.2) is 16.8 Å². The number of fused-ring (bicyclic) bond motifs is 1. The summed E-state index contributed by atoms with van der Waals surface area (Å²) in [6.45, 7) is 0.231. The minimum atomic E-state index is -0.544. The molecule has 1 amide bonds. The quantitative estimate of drug-likeness (QED) is 0.836. The van der Waals surface area contributed by atoms with Crippen LogP contribution in [0.1, 0.15) is 5.56 Å². The molecule has 7 heteroatoms. The van der Waals surface area contributed by atoms with Gasteiger partial charge in [-0.1, -0.05) is 11.6 Å². The highest BCUT2D eigenvalue weighted by molar-refractivity contribution is 6.32. The van der Waals surface area contributed by atoms with Crippen molar-refractivity contribution in [2.24, 2.45) is 0 Å². The highest BCUT2D eigenvalue weighted by atomic mass is 35.5. The van der Waals surface area contributed by atoms with Gasteiger partial charge in [0.2, 0.25) is 5.91 Å². The lowest BCUT2D eigenvalue weighted by molar-refractivity contribution is -0.118. The number of rotatable bonds is 3. The lowest BCUT2D eigenvalue weighted by Gasteiger charge is -2.05. The Labute approximate surface area is 106 Å². The summed E-state index contributed by atoms with van der Waals surface area (Å²) in [7, 11) is 0. The number of oxazole rings is 1. The molecule has 0 radical (unpaired) electrons. The number of halogens is 2. The number of amides is 1. The van der Waals surface area contributed by atoms with Crippen LogP contribution >= 0.6 is 23.2 Å². The minimum Gasteiger partial charge on any atom is -0.408 e. The second-order valence-electron chi connectivity index (χ2n) is 3.36. The van der Waals surface area contributed by atoms with Crippen molar-refractivity contribution >= 4 is 40.2 Å². The molecular formula is C10H8Cl2N2O3. The average molecular weight is 275 g/mol. The molecule has 5 nitrogen and oxygen atoms in total. The first-order valence-electron chi connectivity index (χ1n) is 4.74. The molecule has 2 rings (SSSR count). The molecule has 0 saturated heterocycles. The van der Waals surface area contributed by atoms with Crippen LogP contribution in [0.3, 0.4) is 0 Å². The summed E-state index contributed by atoms with van der Waals surface area (Å²) in [5.41, 5.74) is 1.57. The number of alkyl halides is 1. The van der Waals surface area contributed by atoms with E-state index in [1.807, 2.05) is 0 Å². The fourth-order valence-electron chi connectivity index (χ4n) is 1.39. The number of aromatic amines is 1. The van der Waals surface area contributed by atoms with Gasteiger partial charge in [0, 0.05) is 11.6 Å². The van der Waals surface area contributed by atoms with Crippen molar-refractivity contribution in [2.45, 2.75) is 6.54 Å². The Hall–Kier alpha value is -1.46. The van der Waals surface area contributed by atoms with Gasteiger partial charge in [-0.05, 0) is 17.7 Å². The van der Waals surface area contributed by atoms with Gasteiger partial charge in [-0.3, -0.25) is 9.78 Å². The van der Waals surface area contributed by atoms with Crippen LogP contribution in [-0.2, 0) is 11.3 Å². The third-order valence-corrected chi connectivity index (χ3v) is 2.78. The van der Waals surface area contributed by atoms with Gasteiger partial charge in [-0.25, -0.2) is 4.79 Å². The number of carbonyl (C=O) groups excluding carboxylic acids is 1. The molecular weight excluding hydrogens is 267 g/mol. The Bertz CT molecular complexity index is 618. The summed E-state index contributed by atoms with van der Waals surface area (Å²) in [5.74, 6) is -0.949. The van der Waals surface area contributed by atoms with Crippen molar-refractivity contribution in [1.82, 2.24) is 10.3 Å². The van der Waals surface area contributed by atoms with Gasteiger partial charge in [-0.15, -0.1) is 11.6 Å². The fraction of sp³-hybridized carbons (Fsp3) is 0.200. The van der Waals surface area contributed by atoms with E-state index in [4.69, 9.17) is 27.6 Å². The van der Waals surface area contributed by atoms with E-state index < -0.39 is 5.76 Å². The second-order valence-corrected chi connectivity index (χ2v) is 4.04. The third kappa shape index (κ3) is 2.62. The van der Waals surface area contributed by atoms with Crippen molar-refractivity contribution in [3.05, 3.63) is 33.3 Å². The van der Waals surface area contributed by atoms with Crippen molar-refractivity contribution in [1.29, 1.82) is 0 Å². The number of carbonyl (C=O) groups is 1. The molecule has 90 valence electrons. The number of nitrogens with one attached hydrogen (secondary N) is 2. The van der Waals surface area contributed by atoms with E-state index in [0.717, 1.165) is 0 Å². The Morgan fingerprint density at radius 1 is 1.47 bits per heavy atom. The summed E-state index contributed by atoms with van der Waals surface area (Å²) >= 11 is 11.3. The van der Waals surface area contributed by atoms with Gasteiger partial charge in [0.15, 0.2) is 5.58 Å². The molecule has 0 aliphatic heterocycles. The normalized spacial score (nSPS) is 10.7. The first-order valence-corrected chi connectivity index (χ1v) is 5.65. The Morgan fingerprint density at radius 3 is 2.94 bits per heavy atom. The number of hydrogen-bond acceptors (Lipinski definition) is 3. The van der Waals surface area contributed by atoms with Crippen molar-refractivity contribution in [2.75, 3.05) is 5.88 Å². The molecule has 0 unspecified atom stereocenters. The Balaban J connectivity index is 2.30. The molecule has 17 heavy (non-hydrogen) atoms. The number of hydrogen-bond donors (Lipinski definition) is 2. The maximum Gasteiger partial charge on any atom is 0.417 e. The molecule has 0 saturated carbocycles. The standard InChI is InChI=1S/C10H8Cl2N2O3/c11-3-9(15)13-4-5-1-8-7(2-6(5)12)14-10(16)17-8/h1-2H,3-4H2,(H,13,15)(H,14,16). The molecule has 0 aliphatic carbocycles. The summed E-state index contributed by atoms with van der Waals surface area (Å²) in [5, 5.41) is 3.01. The predicted molar refractivity (Wildman–Crippen MR) is 64.4 cm³/mol. The fourth-order valence-corrected chi connectivity index (χ4v) is 1.71. The highest BCUT2D eigenvalue weighted by Gasteiger charge is 2.08. The van der Waals surface area contributed by atoms with Crippen molar-refractivity contribution in [3.63, 3.8) is 0 Å². The zero-order valence-electron chi connectivity index (χ0n) is 8.55. The lowest BCUT2D eigenvalue weighted by atomic mass is 10.2. The minimum absolute atomic E-state index is 0.112. The summed E-state index contributed by atoms with van der Waals surface area (Å²) in [4.78, 5) is 24.5. The van der Waals surface area contributed by atoms with Crippen molar-refractivity contribution < 1.29 is 9.21 Å². The zero-order chi connectivity index (χ0) is 12.4. The van der Waals surface area contributed by atoms with E-state index in [1.54, 1.807) is 12.1 Å². The van der Waals surface area contributed by atoms with Gasteiger partial charge in [0.1, 0.15) is 5.88 Å². The summed E-state index contributed by atoms with van der Waals surface area (Å²) in [6.07, 6.45) is 0. The van der Waals surface area contributed by atoms with Gasteiger partial charge < -0.3 is 9.73 Å². The van der Waals surface area contributed by atoms with E-state index >= 15 is 0 Å². The van der Waals surface area contributed by atoms with Crippen LogP contribution in [0.25, 0.3) is 11.1 Å². The maximum atomic E-state index is 11.0. The lowest BCUT2D eigenvalue weighted by Crippen LogP contribution is -2.23. The van der Waals surface area contributed by atoms with Crippen LogP contribution in [0.15, 0.2) is 21.3 Å². The van der Waals surface area contributed by atoms with E-state index in [2.05, 4.69) is 10.3 Å². The Kier molecular flexibility index (Phi) is 3.40. The van der Waals surface area contributed by atoms with Crippen LogP contribution in [0.4, 0.5) is 0 Å². The topological polar surface area (TPSA) is 75.1 Å². The van der Waals surface area contributed by atoms with Gasteiger partial charge in [0.25, 0.3) is 0 Å². The van der Waals surface area contributed by atoms with E-state index in [9.17, 15) is 9.59 Å². The summed E-state index contributed by atoms with van der Waals surface area (Å²) < 4.78 is 4.89. The monoisotopic (exact) mass is 274 g/mol. The predicted octanol–water partition coefficient (Wildman–Crippen LogP) is 1.63. The number of aromatic nitrogens is 1. The van der Waals surface area contributed by atoms with Gasteiger partial charge in [0.05, 0.1) is 5.52 Å². The largest absolute Gasteiger partial charge is 0.417 e. The average Bonchev–Trinajstić information content (AvgIpc) is 2.64. The first kappa shape index (κ1) is 12.0. The van der Waals surface area contributed by atoms with E-state index in [1.165, 1.54) is 0 Å². The van der Waals surface area contributed by atoms with Crippen molar-refractivity contribution in [3.8, 4) is 0 Å². The van der Waals surface area contributed by atoms with Crippen LogP contribution in [0.2, 0.25) is 5.02 Å². The smallest absolute Gasteiger partial charge is 0.408 e. The first-order chi connectivity index (χ1) is 8.10. The maximum absolute atomic E-state index is 11.0. The van der Waals surface area contributed by atoms with E-state index in [-0.39, 0.29) is 18.3 Å². The zero-order valence-corrected chi connectivity index (χ0v) is 10.1. The molecule has 2 aromatic rings. The molecule has 0 bridgehead atoms. The molecule has 2 N–H and O–H groups in total. The van der Waals surface area contributed by atoms with Gasteiger partial charge in [-0.2, -0.15) is 0 Å².